The number of hydrogen-bond donors (Lipinski definition) is 1. The Balaban J connectivity index is 2.41. The molecular weight excluding hydrogens is 396 g/mol. The SMILES string of the molecule is CCONC(=O)C(=O)c1cc(-c2ncc(C(F)(F)F)cc2Cl)ccc1Cl. The second kappa shape index (κ2) is 8.03. The Morgan fingerprint density at radius 1 is 1.19 bits per heavy atom. The van der Waals surface area contributed by atoms with Crippen LogP contribution >= 0.6 is 23.2 Å². The number of carbonyl (C=O) groups is 2. The van der Waals surface area contributed by atoms with E-state index in [4.69, 9.17) is 23.2 Å². The quantitative estimate of drug-likeness (QED) is 0.455. The third-order valence-corrected chi connectivity index (χ3v) is 3.79. The van der Waals surface area contributed by atoms with E-state index < -0.39 is 23.4 Å². The smallest absolute Gasteiger partial charge is 0.283 e. The molecule has 0 unspecified atom stereocenters. The van der Waals surface area contributed by atoms with E-state index in [0.717, 1.165) is 6.07 Å². The van der Waals surface area contributed by atoms with Crippen LogP contribution in [0, 0.1) is 0 Å². The molecule has 0 bridgehead atoms. The van der Waals surface area contributed by atoms with E-state index >= 15 is 0 Å². The van der Waals surface area contributed by atoms with Crippen LogP contribution in [-0.4, -0.2) is 23.3 Å². The zero-order chi connectivity index (χ0) is 19.5. The number of Topliss-reactive ketones (excluding diaryl/α,β-unsaturated/α-hetero) is 1. The number of aromatic nitrogens is 1. The number of hydroxylamine groups is 1. The molecule has 2 aromatic rings. The highest BCUT2D eigenvalue weighted by molar-refractivity contribution is 6.47. The van der Waals surface area contributed by atoms with Crippen molar-refractivity contribution in [3.63, 3.8) is 0 Å². The van der Waals surface area contributed by atoms with E-state index in [1.54, 1.807) is 6.92 Å². The van der Waals surface area contributed by atoms with Crippen molar-refractivity contribution in [2.75, 3.05) is 6.61 Å². The number of benzene rings is 1. The van der Waals surface area contributed by atoms with Crippen LogP contribution in [0.5, 0.6) is 0 Å². The number of ketones is 1. The van der Waals surface area contributed by atoms with Crippen molar-refractivity contribution < 1.29 is 27.6 Å². The van der Waals surface area contributed by atoms with Crippen LogP contribution in [0.2, 0.25) is 10.0 Å². The van der Waals surface area contributed by atoms with Gasteiger partial charge in [0, 0.05) is 17.3 Å². The topological polar surface area (TPSA) is 68.3 Å². The Hall–Kier alpha value is -2.16. The highest BCUT2D eigenvalue weighted by Crippen LogP contribution is 2.35. The van der Waals surface area contributed by atoms with E-state index in [1.165, 1.54) is 18.2 Å². The maximum atomic E-state index is 12.7. The Labute approximate surface area is 156 Å². The van der Waals surface area contributed by atoms with Crippen molar-refractivity contribution in [2.24, 2.45) is 0 Å². The Kier molecular flexibility index (Phi) is 6.22. The summed E-state index contributed by atoms with van der Waals surface area (Å²) in [5.41, 5.74) is 0.997. The molecule has 0 spiro atoms. The van der Waals surface area contributed by atoms with Crippen LogP contribution < -0.4 is 5.48 Å². The van der Waals surface area contributed by atoms with Gasteiger partial charge in [-0.05, 0) is 25.1 Å². The van der Waals surface area contributed by atoms with Crippen molar-refractivity contribution in [3.8, 4) is 11.3 Å². The molecule has 0 aliphatic rings. The number of amides is 1. The van der Waals surface area contributed by atoms with E-state index in [2.05, 4.69) is 9.82 Å². The van der Waals surface area contributed by atoms with E-state index in [-0.39, 0.29) is 33.5 Å². The number of carbonyl (C=O) groups excluding carboxylic acids is 2. The lowest BCUT2D eigenvalue weighted by atomic mass is 10.0. The van der Waals surface area contributed by atoms with Crippen LogP contribution in [0.3, 0.4) is 0 Å². The normalized spacial score (nSPS) is 11.3. The van der Waals surface area contributed by atoms with Gasteiger partial charge in [0.1, 0.15) is 0 Å². The fourth-order valence-corrected chi connectivity index (χ4v) is 2.44. The fourth-order valence-electron chi connectivity index (χ4n) is 1.96. The summed E-state index contributed by atoms with van der Waals surface area (Å²) < 4.78 is 38.1. The Morgan fingerprint density at radius 3 is 2.46 bits per heavy atom. The Morgan fingerprint density at radius 2 is 1.88 bits per heavy atom. The second-order valence-corrected chi connectivity index (χ2v) is 5.75. The average Bonchev–Trinajstić information content (AvgIpc) is 2.58. The summed E-state index contributed by atoms with van der Waals surface area (Å²) in [6, 6.07) is 4.67. The maximum absolute atomic E-state index is 12.7. The van der Waals surface area contributed by atoms with Gasteiger partial charge in [0.25, 0.3) is 5.78 Å². The molecule has 10 heteroatoms. The minimum atomic E-state index is -4.59. The molecule has 1 heterocycles. The first-order valence-corrected chi connectivity index (χ1v) is 7.89. The van der Waals surface area contributed by atoms with Crippen LogP contribution in [0.15, 0.2) is 30.5 Å². The zero-order valence-electron chi connectivity index (χ0n) is 13.2. The monoisotopic (exact) mass is 406 g/mol. The van der Waals surface area contributed by atoms with Gasteiger partial charge in [-0.3, -0.25) is 19.4 Å². The molecule has 0 atom stereocenters. The van der Waals surface area contributed by atoms with Crippen LogP contribution in [-0.2, 0) is 15.8 Å². The highest BCUT2D eigenvalue weighted by Gasteiger charge is 2.31. The van der Waals surface area contributed by atoms with Gasteiger partial charge in [-0.1, -0.05) is 29.3 Å². The summed E-state index contributed by atoms with van der Waals surface area (Å²) in [6.07, 6.45) is -3.97. The fraction of sp³-hybridized carbons (Fsp3) is 0.188. The van der Waals surface area contributed by atoms with Gasteiger partial charge in [0.15, 0.2) is 0 Å². The standard InChI is InChI=1S/C16H11Cl2F3N2O3/c1-2-26-23-15(25)14(24)10-5-8(3-4-11(10)17)13-12(18)6-9(7-22-13)16(19,20)21/h3-7H,2H2,1H3,(H,23,25). The first kappa shape index (κ1) is 20.2. The minimum Gasteiger partial charge on any atom is -0.283 e. The van der Waals surface area contributed by atoms with Gasteiger partial charge in [0.05, 0.1) is 27.9 Å². The first-order chi connectivity index (χ1) is 12.1. The highest BCUT2D eigenvalue weighted by atomic mass is 35.5. The predicted octanol–water partition coefficient (Wildman–Crippen LogP) is 4.32. The molecule has 0 saturated carbocycles. The number of halogens is 5. The summed E-state index contributed by atoms with van der Waals surface area (Å²) in [4.78, 5) is 32.2. The van der Waals surface area contributed by atoms with Gasteiger partial charge in [-0.25, -0.2) is 5.48 Å². The molecule has 5 nitrogen and oxygen atoms in total. The van der Waals surface area contributed by atoms with Crippen molar-refractivity contribution in [1.29, 1.82) is 0 Å². The molecule has 1 N–H and O–H groups in total. The second-order valence-electron chi connectivity index (χ2n) is 4.94. The summed E-state index contributed by atoms with van der Waals surface area (Å²) in [5, 5.41) is -0.284. The largest absolute Gasteiger partial charge is 0.417 e. The average molecular weight is 407 g/mol. The van der Waals surface area contributed by atoms with E-state index in [9.17, 15) is 22.8 Å². The van der Waals surface area contributed by atoms with Gasteiger partial charge >= 0.3 is 12.1 Å². The summed E-state index contributed by atoms with van der Waals surface area (Å²) in [7, 11) is 0. The van der Waals surface area contributed by atoms with Crippen LogP contribution in [0.4, 0.5) is 13.2 Å². The molecule has 1 aromatic carbocycles. The Bertz CT molecular complexity index is 857. The molecule has 2 rings (SSSR count). The van der Waals surface area contributed by atoms with Crippen molar-refractivity contribution in [3.05, 3.63) is 51.6 Å². The van der Waals surface area contributed by atoms with E-state index in [1.807, 2.05) is 5.48 Å². The molecular formula is C16H11Cl2F3N2O3. The van der Waals surface area contributed by atoms with Crippen LogP contribution in [0.25, 0.3) is 11.3 Å². The van der Waals surface area contributed by atoms with Crippen molar-refractivity contribution in [1.82, 2.24) is 10.5 Å². The molecule has 0 radical (unpaired) electrons. The number of pyridine rings is 1. The summed E-state index contributed by atoms with van der Waals surface area (Å²) in [6.45, 7) is 1.76. The number of hydrogen-bond acceptors (Lipinski definition) is 4. The number of alkyl halides is 3. The minimum absolute atomic E-state index is 0.00981. The van der Waals surface area contributed by atoms with Crippen LogP contribution in [0.1, 0.15) is 22.8 Å². The summed E-state index contributed by atoms with van der Waals surface area (Å²) in [5.74, 6) is -2.02. The zero-order valence-corrected chi connectivity index (χ0v) is 14.7. The lowest BCUT2D eigenvalue weighted by Crippen LogP contribution is -2.31. The molecule has 0 aliphatic heterocycles. The molecule has 0 saturated heterocycles. The van der Waals surface area contributed by atoms with Gasteiger partial charge < -0.3 is 0 Å². The van der Waals surface area contributed by atoms with E-state index in [0.29, 0.717) is 6.20 Å². The molecule has 26 heavy (non-hydrogen) atoms. The lowest BCUT2D eigenvalue weighted by molar-refractivity contribution is -0.137. The van der Waals surface area contributed by atoms with Gasteiger partial charge in [-0.2, -0.15) is 13.2 Å². The lowest BCUT2D eigenvalue weighted by Gasteiger charge is -2.11. The summed E-state index contributed by atoms with van der Waals surface area (Å²) >= 11 is 11.8. The maximum Gasteiger partial charge on any atom is 0.417 e. The molecule has 138 valence electrons. The first-order valence-electron chi connectivity index (χ1n) is 7.14. The number of rotatable bonds is 5. The third kappa shape index (κ3) is 4.51. The van der Waals surface area contributed by atoms with Gasteiger partial charge in [-0.15, -0.1) is 0 Å². The predicted molar refractivity (Wildman–Crippen MR) is 88.8 cm³/mol. The van der Waals surface area contributed by atoms with Crippen molar-refractivity contribution in [2.45, 2.75) is 13.1 Å². The number of nitrogens with one attached hydrogen (secondary N) is 1. The van der Waals surface area contributed by atoms with Crippen molar-refractivity contribution >= 4 is 34.9 Å². The molecule has 0 aliphatic carbocycles. The van der Waals surface area contributed by atoms with Gasteiger partial charge in [0.2, 0.25) is 0 Å². The molecule has 1 amide bonds. The molecule has 1 aromatic heterocycles. The number of nitrogens with zero attached hydrogens (tertiary/aromatic N) is 1. The molecule has 0 fully saturated rings. The third-order valence-electron chi connectivity index (χ3n) is 3.17.